The molecular weight excluding hydrogens is 214 g/mol. The Bertz CT molecular complexity index is 545. The van der Waals surface area contributed by atoms with Crippen molar-refractivity contribution < 1.29 is 9.59 Å². The molecule has 0 saturated carbocycles. The van der Waals surface area contributed by atoms with Crippen LogP contribution in [0.4, 0.5) is 5.69 Å². The summed E-state index contributed by atoms with van der Waals surface area (Å²) in [7, 11) is 0. The summed E-state index contributed by atoms with van der Waals surface area (Å²) in [4.78, 5) is 25.7. The Morgan fingerprint density at radius 2 is 2.00 bits per heavy atom. The second kappa shape index (κ2) is 2.97. The van der Waals surface area contributed by atoms with E-state index in [9.17, 15) is 9.59 Å². The highest BCUT2D eigenvalue weighted by molar-refractivity contribution is 6.52. The van der Waals surface area contributed by atoms with E-state index in [-0.39, 0.29) is 17.2 Å². The Balaban J connectivity index is 2.34. The van der Waals surface area contributed by atoms with Crippen LogP contribution in [-0.2, 0) is 4.79 Å². The number of rotatable bonds is 0. The highest BCUT2D eigenvalue weighted by atomic mass is 16.2. The lowest BCUT2D eigenvalue weighted by atomic mass is 9.80. The van der Waals surface area contributed by atoms with Gasteiger partial charge in [-0.25, -0.2) is 0 Å². The number of ketones is 1. The van der Waals surface area contributed by atoms with Gasteiger partial charge in [0.25, 0.3) is 11.7 Å². The van der Waals surface area contributed by atoms with E-state index in [0.29, 0.717) is 11.5 Å². The van der Waals surface area contributed by atoms with Gasteiger partial charge in [0.15, 0.2) is 0 Å². The molecule has 2 aliphatic rings. The number of carbonyl (C=O) groups is 2. The van der Waals surface area contributed by atoms with Crippen LogP contribution in [0.2, 0.25) is 0 Å². The van der Waals surface area contributed by atoms with Crippen molar-refractivity contribution in [2.75, 3.05) is 4.90 Å². The topological polar surface area (TPSA) is 37.4 Å². The molecule has 0 aromatic heterocycles. The van der Waals surface area contributed by atoms with Crippen LogP contribution in [0.1, 0.15) is 49.0 Å². The summed E-state index contributed by atoms with van der Waals surface area (Å²) < 4.78 is 0. The minimum Gasteiger partial charge on any atom is -0.299 e. The van der Waals surface area contributed by atoms with Crippen LogP contribution < -0.4 is 4.90 Å². The van der Waals surface area contributed by atoms with Gasteiger partial charge < -0.3 is 0 Å². The van der Waals surface area contributed by atoms with Crippen molar-refractivity contribution >= 4 is 17.4 Å². The van der Waals surface area contributed by atoms with Gasteiger partial charge in [-0.3, -0.25) is 14.5 Å². The molecule has 0 spiro atoms. The molecule has 0 N–H and O–H groups in total. The van der Waals surface area contributed by atoms with Crippen molar-refractivity contribution in [3.05, 3.63) is 29.3 Å². The summed E-state index contributed by atoms with van der Waals surface area (Å²) in [5.74, 6) is -0.344. The fourth-order valence-corrected chi connectivity index (χ4v) is 3.24. The van der Waals surface area contributed by atoms with Crippen molar-refractivity contribution in [2.24, 2.45) is 0 Å². The van der Waals surface area contributed by atoms with E-state index in [1.165, 1.54) is 0 Å². The normalized spacial score (nSPS) is 25.1. The molecule has 3 nitrogen and oxygen atoms in total. The van der Waals surface area contributed by atoms with Gasteiger partial charge in [-0.1, -0.05) is 19.1 Å². The quantitative estimate of drug-likeness (QED) is 0.641. The van der Waals surface area contributed by atoms with Crippen molar-refractivity contribution in [2.45, 2.75) is 38.6 Å². The number of nitrogens with zero attached hydrogens (tertiary/aromatic N) is 1. The molecule has 17 heavy (non-hydrogen) atoms. The van der Waals surface area contributed by atoms with Crippen LogP contribution in [0.15, 0.2) is 18.2 Å². The maximum absolute atomic E-state index is 12.1. The third-order valence-electron chi connectivity index (χ3n) is 3.87. The number of hydrogen-bond donors (Lipinski definition) is 0. The van der Waals surface area contributed by atoms with Gasteiger partial charge in [-0.2, -0.15) is 0 Å². The fraction of sp³-hybridized carbons (Fsp3) is 0.429. The van der Waals surface area contributed by atoms with Crippen molar-refractivity contribution in [3.8, 4) is 0 Å². The molecule has 2 aliphatic heterocycles. The summed E-state index contributed by atoms with van der Waals surface area (Å²) in [6.07, 6.45) is 0.891. The second-order valence-electron chi connectivity index (χ2n) is 5.63. The van der Waals surface area contributed by atoms with Crippen LogP contribution >= 0.6 is 0 Å². The monoisotopic (exact) mass is 229 g/mol. The summed E-state index contributed by atoms with van der Waals surface area (Å²) in [5.41, 5.74) is 2.28. The largest absolute Gasteiger partial charge is 0.299 e. The molecule has 0 saturated heterocycles. The molecule has 1 amide bonds. The number of Topliss-reactive ketones (excluding diaryl/α,β-unsaturated/α-hetero) is 1. The molecule has 3 rings (SSSR count). The van der Waals surface area contributed by atoms with Gasteiger partial charge in [-0.05, 0) is 37.8 Å². The van der Waals surface area contributed by atoms with Crippen LogP contribution in [0.5, 0.6) is 0 Å². The minimum atomic E-state index is -0.371. The van der Waals surface area contributed by atoms with E-state index >= 15 is 0 Å². The minimum absolute atomic E-state index is 0.272. The van der Waals surface area contributed by atoms with E-state index in [0.717, 1.165) is 17.7 Å². The van der Waals surface area contributed by atoms with E-state index in [1.54, 1.807) is 11.0 Å². The molecule has 0 aliphatic carbocycles. The Hall–Kier alpha value is -1.64. The Morgan fingerprint density at radius 3 is 2.71 bits per heavy atom. The lowest BCUT2D eigenvalue weighted by Crippen LogP contribution is -2.50. The van der Waals surface area contributed by atoms with E-state index in [2.05, 4.69) is 6.92 Å². The van der Waals surface area contributed by atoms with Gasteiger partial charge in [0, 0.05) is 5.54 Å². The average Bonchev–Trinajstić information content (AvgIpc) is 2.50. The van der Waals surface area contributed by atoms with Gasteiger partial charge in [0.2, 0.25) is 0 Å². The van der Waals surface area contributed by atoms with Gasteiger partial charge in [0.05, 0.1) is 11.3 Å². The summed E-state index contributed by atoms with van der Waals surface area (Å²) in [6, 6.07) is 5.66. The number of hydrogen-bond acceptors (Lipinski definition) is 2. The zero-order chi connectivity index (χ0) is 12.4. The van der Waals surface area contributed by atoms with Crippen LogP contribution in [0.25, 0.3) is 0 Å². The molecule has 2 heterocycles. The lowest BCUT2D eigenvalue weighted by Gasteiger charge is -2.43. The zero-order valence-corrected chi connectivity index (χ0v) is 10.3. The standard InChI is InChI=1S/C14H15NO2/c1-8-7-14(2,3)15-11-9(8)5-4-6-10(11)12(16)13(15)17/h4-6,8H,7H2,1-3H3. The molecule has 1 atom stereocenters. The highest BCUT2D eigenvalue weighted by Gasteiger charge is 2.48. The fourth-order valence-electron chi connectivity index (χ4n) is 3.24. The van der Waals surface area contributed by atoms with Crippen molar-refractivity contribution in [1.82, 2.24) is 0 Å². The third-order valence-corrected chi connectivity index (χ3v) is 3.87. The lowest BCUT2D eigenvalue weighted by molar-refractivity contribution is -0.115. The summed E-state index contributed by atoms with van der Waals surface area (Å²) in [5, 5.41) is 0. The van der Waals surface area contributed by atoms with Crippen LogP contribution in [0, 0.1) is 0 Å². The first kappa shape index (κ1) is 10.5. The first-order valence-corrected chi connectivity index (χ1v) is 5.95. The molecule has 1 unspecified atom stereocenters. The molecule has 1 aromatic carbocycles. The van der Waals surface area contributed by atoms with Crippen molar-refractivity contribution in [1.29, 1.82) is 0 Å². The van der Waals surface area contributed by atoms with E-state index < -0.39 is 0 Å². The maximum atomic E-state index is 12.1. The molecule has 0 radical (unpaired) electrons. The summed E-state index contributed by atoms with van der Waals surface area (Å²) in [6.45, 7) is 6.21. The number of anilines is 1. The molecule has 0 fully saturated rings. The Kier molecular flexibility index (Phi) is 1.84. The van der Waals surface area contributed by atoms with Crippen molar-refractivity contribution in [3.63, 3.8) is 0 Å². The SMILES string of the molecule is CC1CC(C)(C)N2C(=O)C(=O)c3cccc1c32. The number of para-hydroxylation sites is 1. The predicted octanol–water partition coefficient (Wildman–Crippen LogP) is 2.50. The molecule has 1 aromatic rings. The second-order valence-corrected chi connectivity index (χ2v) is 5.63. The van der Waals surface area contributed by atoms with Crippen LogP contribution in [-0.4, -0.2) is 17.2 Å². The number of carbonyl (C=O) groups excluding carboxylic acids is 2. The molecular formula is C14H15NO2. The van der Waals surface area contributed by atoms with Crippen LogP contribution in [0.3, 0.4) is 0 Å². The third kappa shape index (κ3) is 1.17. The molecule has 0 bridgehead atoms. The Morgan fingerprint density at radius 1 is 1.29 bits per heavy atom. The van der Waals surface area contributed by atoms with E-state index in [4.69, 9.17) is 0 Å². The van der Waals surface area contributed by atoms with Gasteiger partial charge >= 0.3 is 0 Å². The zero-order valence-electron chi connectivity index (χ0n) is 10.3. The number of amides is 1. The smallest absolute Gasteiger partial charge is 0.299 e. The van der Waals surface area contributed by atoms with Gasteiger partial charge in [-0.15, -0.1) is 0 Å². The molecule has 3 heteroatoms. The molecule has 88 valence electrons. The summed E-state index contributed by atoms with van der Waals surface area (Å²) >= 11 is 0. The van der Waals surface area contributed by atoms with E-state index in [1.807, 2.05) is 26.0 Å². The maximum Gasteiger partial charge on any atom is 0.299 e. The predicted molar refractivity (Wildman–Crippen MR) is 65.4 cm³/mol. The van der Waals surface area contributed by atoms with Gasteiger partial charge in [0.1, 0.15) is 0 Å². The first-order valence-electron chi connectivity index (χ1n) is 5.95. The number of benzene rings is 1. The first-order chi connectivity index (χ1) is 7.93. The average molecular weight is 229 g/mol. The highest BCUT2D eigenvalue weighted by Crippen LogP contribution is 2.48. The Labute approximate surface area is 100 Å².